The smallest absolute Gasteiger partial charge is 0.379 e. The van der Waals surface area contributed by atoms with Crippen molar-refractivity contribution < 1.29 is 32.2 Å². The van der Waals surface area contributed by atoms with E-state index in [2.05, 4.69) is 32.7 Å². The van der Waals surface area contributed by atoms with Crippen molar-refractivity contribution >= 4 is 7.82 Å². The average molecular weight is 375 g/mol. The van der Waals surface area contributed by atoms with Crippen molar-refractivity contribution in [3.63, 3.8) is 0 Å². The molecule has 0 heterocycles. The lowest BCUT2D eigenvalue weighted by atomic mass is 10.3. The number of hydrogen-bond donors (Lipinski definition) is 1. The minimum Gasteiger partial charge on any atom is -0.379 e. The Bertz CT molecular complexity index is 326. The molecule has 150 valence electrons. The number of nitrogens with zero attached hydrogens (tertiary/aromatic N) is 2. The van der Waals surface area contributed by atoms with Gasteiger partial charge in [-0.3, -0.25) is 9.05 Å². The molecule has 0 fully saturated rings. The average Bonchev–Trinajstić information content (AvgIpc) is 2.55. The summed E-state index contributed by atoms with van der Waals surface area (Å²) in [5.41, 5.74) is 0. The van der Waals surface area contributed by atoms with Gasteiger partial charge in [-0.25, -0.2) is 4.57 Å². The van der Waals surface area contributed by atoms with E-state index in [1.807, 2.05) is 27.7 Å². The molecule has 0 spiro atoms. The summed E-state index contributed by atoms with van der Waals surface area (Å²) in [4.78, 5) is 9.16. The Morgan fingerprint density at radius 1 is 0.792 bits per heavy atom. The number of quaternary nitrogens is 2. The van der Waals surface area contributed by atoms with Gasteiger partial charge in [-0.05, 0) is 0 Å². The molecule has 0 aliphatic carbocycles. The first-order chi connectivity index (χ1) is 11.0. The first kappa shape index (κ1) is 28.8. The Morgan fingerprint density at radius 3 is 1.50 bits per heavy atom. The van der Waals surface area contributed by atoms with Gasteiger partial charge in [0.25, 0.3) is 0 Å². The first-order valence-corrected chi connectivity index (χ1v) is 10.2. The van der Waals surface area contributed by atoms with E-state index in [4.69, 9.17) is 14.2 Å². The van der Waals surface area contributed by atoms with Gasteiger partial charge < -0.3 is 18.6 Å². The molecule has 0 aromatic rings. The number of phosphoric ester groups is 1. The van der Waals surface area contributed by atoms with Crippen LogP contribution in [0.2, 0.25) is 0 Å². The van der Waals surface area contributed by atoms with Crippen molar-refractivity contribution in [3.8, 4) is 0 Å². The molecule has 1 N–H and O–H groups in total. The van der Waals surface area contributed by atoms with E-state index in [1.54, 1.807) is 7.11 Å². The summed E-state index contributed by atoms with van der Waals surface area (Å²) in [6.45, 7) is 12.5. The van der Waals surface area contributed by atoms with Crippen LogP contribution >= 0.6 is 7.82 Å². The third-order valence-corrected chi connectivity index (χ3v) is 4.36. The molecule has 8 heteroatoms. The van der Waals surface area contributed by atoms with Crippen LogP contribution in [0.5, 0.6) is 0 Å². The Hall–Kier alpha value is -0.0100. The number of methoxy groups -OCH3 is 1. The highest BCUT2D eigenvalue weighted by Crippen LogP contribution is 2.41. The maximum absolute atomic E-state index is 11.2. The summed E-state index contributed by atoms with van der Waals surface area (Å²) >= 11 is 0. The Morgan fingerprint density at radius 2 is 1.17 bits per heavy atom. The second-order valence-corrected chi connectivity index (χ2v) is 7.80. The molecule has 0 rings (SSSR count). The van der Waals surface area contributed by atoms with Crippen LogP contribution in [0.15, 0.2) is 0 Å². The van der Waals surface area contributed by atoms with Crippen molar-refractivity contribution in [2.75, 3.05) is 81.8 Å². The number of hydrogen-bond acceptors (Lipinski definition) is 4. The minimum absolute atomic E-state index is 0.195. The highest BCUT2D eigenvalue weighted by molar-refractivity contribution is 7.47. The van der Waals surface area contributed by atoms with Crippen LogP contribution in [0, 0.1) is 0 Å². The van der Waals surface area contributed by atoms with E-state index >= 15 is 0 Å². The molecule has 0 radical (unpaired) electrons. The predicted octanol–water partition coefficient (Wildman–Crippen LogP) is 2.60. The predicted molar refractivity (Wildman–Crippen MR) is 101 cm³/mol. The van der Waals surface area contributed by atoms with Gasteiger partial charge in [0.2, 0.25) is 0 Å². The van der Waals surface area contributed by atoms with Gasteiger partial charge in [0, 0.05) is 14.2 Å². The Labute approximate surface area is 150 Å². The minimum atomic E-state index is -3.86. The van der Waals surface area contributed by atoms with Gasteiger partial charge in [-0.2, -0.15) is 0 Å². The molecule has 0 aliphatic rings. The fourth-order valence-corrected chi connectivity index (χ4v) is 1.98. The molecular formula is C16H43N2O5P+2. The standard InChI is InChI=1S/C12H30N2O5P.2C2H6/c1-13(2,9-11-17-5)7-8-14(3,4)10-12-19-20(15,16)18-6;2*1-2/h7-12H2,1-6H3;2*1-2H3/q+1;;/p+1. The highest BCUT2D eigenvalue weighted by Gasteiger charge is 2.25. The largest absolute Gasteiger partial charge is 0.472 e. The molecule has 1 unspecified atom stereocenters. The molecular weight excluding hydrogens is 331 g/mol. The van der Waals surface area contributed by atoms with Crippen molar-refractivity contribution in [2.45, 2.75) is 27.7 Å². The summed E-state index contributed by atoms with van der Waals surface area (Å²) in [6.07, 6.45) is 0. The first-order valence-electron chi connectivity index (χ1n) is 8.70. The van der Waals surface area contributed by atoms with Gasteiger partial charge >= 0.3 is 7.82 Å². The summed E-state index contributed by atoms with van der Waals surface area (Å²) in [5, 5.41) is 0. The summed E-state index contributed by atoms with van der Waals surface area (Å²) in [7, 11) is 7.51. The quantitative estimate of drug-likeness (QED) is 0.445. The molecule has 7 nitrogen and oxygen atoms in total. The lowest BCUT2D eigenvalue weighted by Gasteiger charge is -2.35. The van der Waals surface area contributed by atoms with E-state index in [0.29, 0.717) is 6.54 Å². The highest BCUT2D eigenvalue weighted by atomic mass is 31.2. The second kappa shape index (κ2) is 15.3. The second-order valence-electron chi connectivity index (χ2n) is 6.24. The molecule has 0 saturated carbocycles. The lowest BCUT2D eigenvalue weighted by molar-refractivity contribution is -0.945. The zero-order chi connectivity index (χ0) is 19.9. The van der Waals surface area contributed by atoms with Crippen LogP contribution < -0.4 is 0 Å². The summed E-state index contributed by atoms with van der Waals surface area (Å²) in [6, 6.07) is 0. The zero-order valence-corrected chi connectivity index (χ0v) is 18.6. The fraction of sp³-hybridized carbons (Fsp3) is 1.00. The van der Waals surface area contributed by atoms with Crippen LogP contribution in [-0.2, 0) is 18.3 Å². The summed E-state index contributed by atoms with van der Waals surface area (Å²) < 4.78 is 27.1. The van der Waals surface area contributed by atoms with Gasteiger partial charge in [0.05, 0.1) is 34.8 Å². The van der Waals surface area contributed by atoms with E-state index < -0.39 is 7.82 Å². The van der Waals surface area contributed by atoms with E-state index in [-0.39, 0.29) is 6.61 Å². The van der Waals surface area contributed by atoms with E-state index in [0.717, 1.165) is 42.3 Å². The molecule has 24 heavy (non-hydrogen) atoms. The van der Waals surface area contributed by atoms with Gasteiger partial charge in [0.15, 0.2) is 0 Å². The summed E-state index contributed by atoms with van der Waals surface area (Å²) in [5.74, 6) is 0. The molecule has 0 aromatic heterocycles. The number of rotatable bonds is 11. The van der Waals surface area contributed by atoms with Crippen molar-refractivity contribution in [2.24, 2.45) is 0 Å². The third kappa shape index (κ3) is 18.3. The number of likely N-dealkylation sites (N-methyl/N-ethyl adjacent to an activating group) is 2. The van der Waals surface area contributed by atoms with E-state index in [9.17, 15) is 4.57 Å². The fourth-order valence-electron chi connectivity index (χ4n) is 1.56. The van der Waals surface area contributed by atoms with Crippen molar-refractivity contribution in [1.29, 1.82) is 0 Å². The lowest BCUT2D eigenvalue weighted by Crippen LogP contribution is -2.52. The monoisotopic (exact) mass is 374 g/mol. The van der Waals surface area contributed by atoms with E-state index in [1.165, 1.54) is 0 Å². The van der Waals surface area contributed by atoms with Crippen molar-refractivity contribution in [1.82, 2.24) is 0 Å². The van der Waals surface area contributed by atoms with Crippen LogP contribution in [0.1, 0.15) is 27.7 Å². The van der Waals surface area contributed by atoms with Crippen LogP contribution in [0.3, 0.4) is 0 Å². The Kier molecular flexibility index (Phi) is 18.3. The number of ether oxygens (including phenoxy) is 1. The number of phosphoric acid groups is 1. The normalized spacial score (nSPS) is 14.0. The maximum Gasteiger partial charge on any atom is 0.472 e. The molecule has 0 aliphatic heterocycles. The topological polar surface area (TPSA) is 65.0 Å². The van der Waals surface area contributed by atoms with Crippen LogP contribution in [0.4, 0.5) is 0 Å². The van der Waals surface area contributed by atoms with Gasteiger partial charge in [-0.1, -0.05) is 27.7 Å². The maximum atomic E-state index is 11.2. The molecule has 0 saturated heterocycles. The van der Waals surface area contributed by atoms with Crippen LogP contribution in [0.25, 0.3) is 0 Å². The van der Waals surface area contributed by atoms with Gasteiger partial charge in [0.1, 0.15) is 32.8 Å². The molecule has 0 amide bonds. The molecule has 0 aromatic carbocycles. The third-order valence-electron chi connectivity index (χ3n) is 3.39. The molecule has 0 bridgehead atoms. The van der Waals surface area contributed by atoms with Gasteiger partial charge in [-0.15, -0.1) is 0 Å². The zero-order valence-electron chi connectivity index (χ0n) is 17.7. The van der Waals surface area contributed by atoms with Crippen molar-refractivity contribution in [3.05, 3.63) is 0 Å². The SMILES string of the molecule is CC.CC.COCC[N+](C)(C)CC[N+](C)(C)CCOP(=O)(O)OC. The van der Waals surface area contributed by atoms with Crippen LogP contribution in [-0.4, -0.2) is 95.7 Å². The molecule has 1 atom stereocenters. The Balaban J connectivity index is -0.00000102.